The Balaban J connectivity index is 1.93. The number of phenolic OH excluding ortho intramolecular Hbond substituents is 1. The van der Waals surface area contributed by atoms with E-state index in [1.807, 2.05) is 0 Å². The lowest BCUT2D eigenvalue weighted by molar-refractivity contribution is 0.0603. The fraction of sp³-hybridized carbons (Fsp3) is 0.368. The fourth-order valence-corrected chi connectivity index (χ4v) is 3.79. The Morgan fingerprint density at radius 2 is 2.29 bits per heavy atom. The Morgan fingerprint density at radius 3 is 3.04 bits per heavy atom. The number of phenols is 1. The third-order valence-electron chi connectivity index (χ3n) is 4.82. The van der Waals surface area contributed by atoms with E-state index in [0.29, 0.717) is 19.6 Å². The summed E-state index contributed by atoms with van der Waals surface area (Å²) in [5.74, 6) is -1.21. The Morgan fingerprint density at radius 1 is 1.46 bits per heavy atom. The van der Waals surface area contributed by atoms with Crippen molar-refractivity contribution in [2.45, 2.75) is 13.0 Å². The zero-order chi connectivity index (χ0) is 19.8. The summed E-state index contributed by atoms with van der Waals surface area (Å²) in [5.41, 5.74) is -0.0861. The predicted molar refractivity (Wildman–Crippen MR) is 101 cm³/mol. The molecule has 0 unspecified atom stereocenters. The molecule has 0 saturated carbocycles. The number of benzene rings is 1. The van der Waals surface area contributed by atoms with E-state index in [2.05, 4.69) is 10.3 Å². The lowest BCUT2D eigenvalue weighted by Crippen LogP contribution is -2.54. The molecule has 148 valence electrons. The number of amides is 1. The predicted octanol–water partition coefficient (Wildman–Crippen LogP) is 2.45. The highest BCUT2D eigenvalue weighted by Gasteiger charge is 2.38. The lowest BCUT2D eigenvalue weighted by atomic mass is 10.1. The summed E-state index contributed by atoms with van der Waals surface area (Å²) in [6.07, 6.45) is 0. The minimum atomic E-state index is -0.696. The smallest absolute Gasteiger partial charge is 0.263 e. The van der Waals surface area contributed by atoms with Gasteiger partial charge >= 0.3 is 0 Å². The number of nitrogens with one attached hydrogen (secondary N) is 1. The maximum atomic E-state index is 14.4. The molecule has 1 fully saturated rings. The molecule has 1 aromatic heterocycles. The molecular formula is C19H19ClFN3O4. The van der Waals surface area contributed by atoms with Crippen LogP contribution in [-0.2, 0) is 0 Å². The molecular weight excluding hydrogens is 389 g/mol. The van der Waals surface area contributed by atoms with E-state index in [-0.39, 0.29) is 64.4 Å². The van der Waals surface area contributed by atoms with Crippen LogP contribution in [0.1, 0.15) is 17.3 Å². The number of rotatable bonds is 3. The van der Waals surface area contributed by atoms with E-state index in [1.165, 1.54) is 18.2 Å². The summed E-state index contributed by atoms with van der Waals surface area (Å²) in [7, 11) is 0. The van der Waals surface area contributed by atoms with Gasteiger partial charge in [0.25, 0.3) is 5.91 Å². The third-order valence-corrected chi connectivity index (χ3v) is 5.17. The number of hydrogen-bond acceptors (Lipinski definition) is 6. The molecule has 4 rings (SSSR count). The maximum Gasteiger partial charge on any atom is 0.263 e. The zero-order valence-electron chi connectivity index (χ0n) is 15.2. The Kier molecular flexibility index (Phi) is 4.99. The van der Waals surface area contributed by atoms with Gasteiger partial charge in [0, 0.05) is 19.6 Å². The van der Waals surface area contributed by atoms with Gasteiger partial charge in [-0.05, 0) is 19.1 Å². The third kappa shape index (κ3) is 3.02. The van der Waals surface area contributed by atoms with Crippen molar-refractivity contribution in [3.05, 3.63) is 34.6 Å². The molecule has 1 atom stereocenters. The summed E-state index contributed by atoms with van der Waals surface area (Å²) in [6, 6.07) is 3.74. The molecule has 1 aromatic carbocycles. The molecule has 0 bridgehead atoms. The zero-order valence-corrected chi connectivity index (χ0v) is 15.9. The minimum absolute atomic E-state index is 0.00346. The summed E-state index contributed by atoms with van der Waals surface area (Å²) in [5, 5.41) is 13.4. The molecule has 0 spiro atoms. The first-order valence-corrected chi connectivity index (χ1v) is 9.39. The first kappa shape index (κ1) is 18.8. The first-order chi connectivity index (χ1) is 13.5. The van der Waals surface area contributed by atoms with Gasteiger partial charge in [-0.2, -0.15) is 0 Å². The van der Waals surface area contributed by atoms with E-state index in [4.69, 9.17) is 21.1 Å². The van der Waals surface area contributed by atoms with Crippen LogP contribution in [-0.4, -0.2) is 59.8 Å². The average Bonchev–Trinajstić information content (AvgIpc) is 2.83. The van der Waals surface area contributed by atoms with E-state index in [0.717, 1.165) is 0 Å². The molecule has 1 saturated heterocycles. The highest BCUT2D eigenvalue weighted by molar-refractivity contribution is 6.35. The number of fused-ring (bicyclic) bond motifs is 2. The normalized spacial score (nSPS) is 18.8. The van der Waals surface area contributed by atoms with Crippen LogP contribution in [0.25, 0.3) is 11.3 Å². The van der Waals surface area contributed by atoms with Crippen LogP contribution in [0.4, 0.5) is 4.39 Å². The van der Waals surface area contributed by atoms with Crippen molar-refractivity contribution in [3.8, 4) is 28.6 Å². The van der Waals surface area contributed by atoms with Crippen LogP contribution in [0.2, 0.25) is 5.02 Å². The van der Waals surface area contributed by atoms with Gasteiger partial charge in [-0.25, -0.2) is 9.37 Å². The lowest BCUT2D eigenvalue weighted by Gasteiger charge is -2.33. The highest BCUT2D eigenvalue weighted by Crippen LogP contribution is 2.45. The second-order valence-corrected chi connectivity index (χ2v) is 6.90. The van der Waals surface area contributed by atoms with Crippen LogP contribution >= 0.6 is 11.6 Å². The number of nitrogens with zero attached hydrogens (tertiary/aromatic N) is 2. The molecule has 2 N–H and O–H groups in total. The highest BCUT2D eigenvalue weighted by atomic mass is 35.5. The molecule has 3 heterocycles. The van der Waals surface area contributed by atoms with Gasteiger partial charge in [0.2, 0.25) is 5.88 Å². The van der Waals surface area contributed by atoms with Crippen LogP contribution in [0.15, 0.2) is 18.2 Å². The van der Waals surface area contributed by atoms with Crippen molar-refractivity contribution in [1.29, 1.82) is 0 Å². The van der Waals surface area contributed by atoms with Crippen molar-refractivity contribution >= 4 is 17.5 Å². The van der Waals surface area contributed by atoms with Gasteiger partial charge in [-0.3, -0.25) is 4.79 Å². The summed E-state index contributed by atoms with van der Waals surface area (Å²) in [6.45, 7) is 4.00. The monoisotopic (exact) mass is 407 g/mol. The van der Waals surface area contributed by atoms with Crippen LogP contribution in [0.3, 0.4) is 0 Å². The Labute approximate surface area is 166 Å². The molecule has 0 radical (unpaired) electrons. The molecule has 2 aromatic rings. The standard InChI is InChI=1S/C19H19ClFN3O4/c1-2-27-18-14-17(28-9-10-8-22-6-7-24(10)19(14)26)15(20)16(23-18)13-11(21)4-3-5-12(13)25/h3-5,10,22,25H,2,6-9H2,1H3/t10-/m1/s1. The van der Waals surface area contributed by atoms with Crippen molar-refractivity contribution in [2.75, 3.05) is 32.8 Å². The molecule has 9 heteroatoms. The number of ether oxygens (including phenoxy) is 2. The SMILES string of the molecule is CCOc1nc(-c2c(O)cccc2F)c(Cl)c2c1C(=O)N1CCNC[C@@H]1CO2. The van der Waals surface area contributed by atoms with E-state index >= 15 is 0 Å². The summed E-state index contributed by atoms with van der Waals surface area (Å²) in [4.78, 5) is 19.2. The van der Waals surface area contributed by atoms with Gasteiger partial charge in [-0.1, -0.05) is 17.7 Å². The second-order valence-electron chi connectivity index (χ2n) is 6.52. The van der Waals surface area contributed by atoms with Crippen LogP contribution in [0, 0.1) is 5.82 Å². The number of pyridine rings is 1. The Hall–Kier alpha value is -2.58. The first-order valence-electron chi connectivity index (χ1n) is 9.01. The van der Waals surface area contributed by atoms with Gasteiger partial charge in [0.05, 0.1) is 18.2 Å². The number of carbonyl (C=O) groups excluding carboxylic acids is 1. The number of aromatic nitrogens is 1. The van der Waals surface area contributed by atoms with E-state index in [9.17, 15) is 14.3 Å². The molecule has 28 heavy (non-hydrogen) atoms. The number of hydrogen-bond donors (Lipinski definition) is 2. The van der Waals surface area contributed by atoms with Gasteiger partial charge in [-0.15, -0.1) is 0 Å². The fourth-order valence-electron chi connectivity index (χ4n) is 3.50. The number of halogens is 2. The van der Waals surface area contributed by atoms with Crippen molar-refractivity contribution < 1.29 is 23.8 Å². The quantitative estimate of drug-likeness (QED) is 0.813. The Bertz CT molecular complexity index is 920. The van der Waals surface area contributed by atoms with E-state index in [1.54, 1.807) is 11.8 Å². The minimum Gasteiger partial charge on any atom is -0.507 e. The topological polar surface area (TPSA) is 83.9 Å². The van der Waals surface area contributed by atoms with Crippen molar-refractivity contribution in [1.82, 2.24) is 15.2 Å². The van der Waals surface area contributed by atoms with Crippen molar-refractivity contribution in [2.24, 2.45) is 0 Å². The second kappa shape index (κ2) is 7.44. The maximum absolute atomic E-state index is 14.4. The van der Waals surface area contributed by atoms with Gasteiger partial charge < -0.3 is 24.8 Å². The van der Waals surface area contributed by atoms with Crippen LogP contribution < -0.4 is 14.8 Å². The molecule has 7 nitrogen and oxygen atoms in total. The number of carbonyl (C=O) groups is 1. The van der Waals surface area contributed by atoms with Crippen LogP contribution in [0.5, 0.6) is 17.4 Å². The number of piperazine rings is 1. The average molecular weight is 408 g/mol. The largest absolute Gasteiger partial charge is 0.507 e. The molecule has 2 aliphatic rings. The summed E-state index contributed by atoms with van der Waals surface area (Å²) >= 11 is 6.51. The molecule has 0 aliphatic carbocycles. The molecule has 1 amide bonds. The molecule has 2 aliphatic heterocycles. The van der Waals surface area contributed by atoms with E-state index < -0.39 is 5.82 Å². The summed E-state index contributed by atoms with van der Waals surface area (Å²) < 4.78 is 25.9. The van der Waals surface area contributed by atoms with Gasteiger partial charge in [0.1, 0.15) is 34.5 Å². The van der Waals surface area contributed by atoms with Crippen molar-refractivity contribution in [3.63, 3.8) is 0 Å². The van der Waals surface area contributed by atoms with Gasteiger partial charge in [0.15, 0.2) is 5.75 Å². The number of aromatic hydroxyl groups is 1.